The van der Waals surface area contributed by atoms with Gasteiger partial charge < -0.3 is 0 Å². The molecule has 134 valence electrons. The van der Waals surface area contributed by atoms with Crippen molar-refractivity contribution in [1.29, 1.82) is 0 Å². The Hall–Kier alpha value is -1.91. The molecule has 0 bridgehead atoms. The predicted molar refractivity (Wildman–Crippen MR) is 104 cm³/mol. The van der Waals surface area contributed by atoms with Crippen molar-refractivity contribution in [3.63, 3.8) is 0 Å². The van der Waals surface area contributed by atoms with Crippen molar-refractivity contribution in [2.75, 3.05) is 0 Å². The van der Waals surface area contributed by atoms with Gasteiger partial charge in [-0.15, -0.1) is 0 Å². The van der Waals surface area contributed by atoms with Gasteiger partial charge in [0.05, 0.1) is 0 Å². The molecule has 0 aromatic heterocycles. The highest BCUT2D eigenvalue weighted by molar-refractivity contribution is 7.85. The molecule has 4 heteroatoms. The third-order valence-corrected chi connectivity index (χ3v) is 5.18. The molecule has 2 aromatic carbocycles. The first-order valence-corrected chi connectivity index (χ1v) is 10.1. The molecule has 0 unspecified atom stereocenters. The zero-order valence-electron chi connectivity index (χ0n) is 15.1. The van der Waals surface area contributed by atoms with Crippen LogP contribution in [0.1, 0.15) is 48.1 Å². The van der Waals surface area contributed by atoms with Crippen molar-refractivity contribution < 1.29 is 13.0 Å². The van der Waals surface area contributed by atoms with Gasteiger partial charge in [-0.2, -0.15) is 8.42 Å². The first-order chi connectivity index (χ1) is 11.8. The Balaban J connectivity index is 2.25. The van der Waals surface area contributed by atoms with Crippen molar-refractivity contribution in [1.82, 2.24) is 0 Å². The number of rotatable bonds is 7. The summed E-state index contributed by atoms with van der Waals surface area (Å²) in [6.45, 7) is 6.12. The molecular formula is C21H26O3S. The summed E-state index contributed by atoms with van der Waals surface area (Å²) >= 11 is 0. The van der Waals surface area contributed by atoms with Crippen LogP contribution in [0.25, 0.3) is 6.08 Å². The zero-order chi connectivity index (χ0) is 18.4. The van der Waals surface area contributed by atoms with E-state index in [9.17, 15) is 13.0 Å². The smallest absolute Gasteiger partial charge is 0.282 e. The molecular weight excluding hydrogens is 332 g/mol. The number of benzene rings is 2. The summed E-state index contributed by atoms with van der Waals surface area (Å²) in [7, 11) is -4.23. The van der Waals surface area contributed by atoms with Crippen LogP contribution in [0, 0.1) is 6.92 Å². The van der Waals surface area contributed by atoms with Gasteiger partial charge in [-0.05, 0) is 60.1 Å². The van der Waals surface area contributed by atoms with E-state index in [-0.39, 0.29) is 4.90 Å². The van der Waals surface area contributed by atoms with Gasteiger partial charge in [-0.3, -0.25) is 4.55 Å². The van der Waals surface area contributed by atoms with E-state index in [4.69, 9.17) is 0 Å². The number of hydrogen-bond donors (Lipinski definition) is 1. The van der Waals surface area contributed by atoms with Gasteiger partial charge in [-0.25, -0.2) is 0 Å². The Morgan fingerprint density at radius 1 is 1.04 bits per heavy atom. The maximum absolute atomic E-state index is 11.6. The first-order valence-electron chi connectivity index (χ1n) is 8.70. The molecule has 0 aliphatic rings. The van der Waals surface area contributed by atoms with Gasteiger partial charge in [0.15, 0.2) is 0 Å². The van der Waals surface area contributed by atoms with Gasteiger partial charge in [0.25, 0.3) is 10.1 Å². The molecule has 2 aromatic rings. The van der Waals surface area contributed by atoms with Crippen molar-refractivity contribution >= 4 is 16.2 Å². The van der Waals surface area contributed by atoms with Crippen LogP contribution in [0.5, 0.6) is 0 Å². The fourth-order valence-electron chi connectivity index (χ4n) is 2.97. The molecule has 2 rings (SSSR count). The monoisotopic (exact) mass is 358 g/mol. The molecule has 0 heterocycles. The van der Waals surface area contributed by atoms with Crippen LogP contribution < -0.4 is 0 Å². The molecule has 0 atom stereocenters. The molecule has 3 nitrogen and oxygen atoms in total. The molecule has 0 aliphatic carbocycles. The van der Waals surface area contributed by atoms with Crippen LogP contribution in [0.15, 0.2) is 47.4 Å². The minimum atomic E-state index is -4.23. The minimum absolute atomic E-state index is 0.0437. The number of allylic oxidation sites excluding steroid dienone is 1. The third kappa shape index (κ3) is 5.28. The minimum Gasteiger partial charge on any atom is -0.282 e. The normalized spacial score (nSPS) is 12.0. The summed E-state index contributed by atoms with van der Waals surface area (Å²) < 4.78 is 32.5. The van der Waals surface area contributed by atoms with Crippen LogP contribution in [0.4, 0.5) is 0 Å². The van der Waals surface area contributed by atoms with Gasteiger partial charge in [-0.1, -0.05) is 62.8 Å². The average Bonchev–Trinajstić information content (AvgIpc) is 2.56. The molecule has 0 radical (unpaired) electrons. The van der Waals surface area contributed by atoms with Gasteiger partial charge in [0, 0.05) is 0 Å². The summed E-state index contributed by atoms with van der Waals surface area (Å²) in [5.74, 6) is 0. The van der Waals surface area contributed by atoms with Gasteiger partial charge >= 0.3 is 0 Å². The van der Waals surface area contributed by atoms with Crippen LogP contribution in [-0.2, 0) is 29.4 Å². The Morgan fingerprint density at radius 3 is 2.44 bits per heavy atom. The highest BCUT2D eigenvalue weighted by Gasteiger charge is 2.13. The van der Waals surface area contributed by atoms with Crippen molar-refractivity contribution in [3.05, 3.63) is 70.3 Å². The third-order valence-electron chi connectivity index (χ3n) is 4.27. The van der Waals surface area contributed by atoms with E-state index in [1.165, 1.54) is 22.8 Å². The van der Waals surface area contributed by atoms with E-state index in [1.54, 1.807) is 19.1 Å². The van der Waals surface area contributed by atoms with Crippen LogP contribution in [0.2, 0.25) is 0 Å². The zero-order valence-corrected chi connectivity index (χ0v) is 15.9. The molecule has 25 heavy (non-hydrogen) atoms. The molecule has 0 saturated heterocycles. The predicted octanol–water partition coefficient (Wildman–Crippen LogP) is 5.01. The van der Waals surface area contributed by atoms with Crippen LogP contribution in [0.3, 0.4) is 0 Å². The second kappa shape index (κ2) is 8.45. The Morgan fingerprint density at radius 2 is 1.80 bits per heavy atom. The summed E-state index contributed by atoms with van der Waals surface area (Å²) in [4.78, 5) is -0.0437. The lowest BCUT2D eigenvalue weighted by atomic mass is 9.97. The van der Waals surface area contributed by atoms with Crippen LogP contribution in [-0.4, -0.2) is 13.0 Å². The topological polar surface area (TPSA) is 54.4 Å². The van der Waals surface area contributed by atoms with Crippen molar-refractivity contribution in [3.8, 4) is 0 Å². The Labute approximate surface area is 151 Å². The van der Waals surface area contributed by atoms with Crippen molar-refractivity contribution in [2.24, 2.45) is 0 Å². The first kappa shape index (κ1) is 19.4. The fraction of sp³-hybridized carbons (Fsp3) is 0.333. The molecule has 0 saturated carbocycles. The van der Waals surface area contributed by atoms with E-state index in [1.807, 2.05) is 12.1 Å². The lowest BCUT2D eigenvalue weighted by Crippen LogP contribution is -2.01. The Kier molecular flexibility index (Phi) is 6.57. The second-order valence-corrected chi connectivity index (χ2v) is 7.72. The number of aryl methyl sites for hydroxylation is 3. The summed E-state index contributed by atoms with van der Waals surface area (Å²) in [5.41, 5.74) is 5.24. The molecule has 0 amide bonds. The second-order valence-electron chi connectivity index (χ2n) is 6.33. The summed E-state index contributed by atoms with van der Waals surface area (Å²) in [6.07, 6.45) is 7.64. The highest BCUT2D eigenvalue weighted by atomic mass is 32.2. The van der Waals surface area contributed by atoms with Crippen LogP contribution >= 0.6 is 0 Å². The Bertz CT molecular complexity index is 865. The largest absolute Gasteiger partial charge is 0.295 e. The van der Waals surface area contributed by atoms with E-state index in [2.05, 4.69) is 32.0 Å². The lowest BCUT2D eigenvalue weighted by molar-refractivity contribution is 0.483. The SMILES string of the molecule is CCCc1ccc(C/C=C/c2ccc(C)cc2S(=O)(=O)O)c(CC)c1. The molecule has 0 aliphatic heterocycles. The summed E-state index contributed by atoms with van der Waals surface area (Å²) in [5, 5.41) is 0. The molecule has 1 N–H and O–H groups in total. The van der Waals surface area contributed by atoms with Gasteiger partial charge in [0.1, 0.15) is 4.90 Å². The standard InChI is InChI=1S/C21H26O3S/c1-4-7-17-11-13-19(18(5-2)15-17)8-6-9-20-12-10-16(3)14-21(20)25(22,23)24/h6,9-15H,4-5,7-8H2,1-3H3,(H,22,23,24)/b9-6+. The maximum Gasteiger partial charge on any atom is 0.295 e. The average molecular weight is 359 g/mol. The molecule has 0 fully saturated rings. The molecule has 0 spiro atoms. The van der Waals surface area contributed by atoms with E-state index in [0.717, 1.165) is 31.2 Å². The van der Waals surface area contributed by atoms with E-state index in [0.29, 0.717) is 5.56 Å². The van der Waals surface area contributed by atoms with E-state index >= 15 is 0 Å². The quantitative estimate of drug-likeness (QED) is 0.708. The van der Waals surface area contributed by atoms with E-state index < -0.39 is 10.1 Å². The summed E-state index contributed by atoms with van der Waals surface area (Å²) in [6, 6.07) is 11.6. The fourth-order valence-corrected chi connectivity index (χ4v) is 3.74. The number of hydrogen-bond acceptors (Lipinski definition) is 2. The highest BCUT2D eigenvalue weighted by Crippen LogP contribution is 2.20. The van der Waals surface area contributed by atoms with Crippen molar-refractivity contribution in [2.45, 2.75) is 51.3 Å². The lowest BCUT2D eigenvalue weighted by Gasteiger charge is -2.09. The maximum atomic E-state index is 11.6. The van der Waals surface area contributed by atoms with Gasteiger partial charge in [0.2, 0.25) is 0 Å².